The Labute approximate surface area is 127 Å². The van der Waals surface area contributed by atoms with Gasteiger partial charge in [-0.05, 0) is 42.5 Å². The Morgan fingerprint density at radius 1 is 1.50 bits per heavy atom. The molecule has 3 rings (SSSR count). The molecule has 4 nitrogen and oxygen atoms in total. The summed E-state index contributed by atoms with van der Waals surface area (Å²) in [5.41, 5.74) is 0.820. The Morgan fingerprint density at radius 2 is 2.35 bits per heavy atom. The monoisotopic (exact) mass is 312 g/mol. The lowest BCUT2D eigenvalue weighted by molar-refractivity contribution is -0.0734. The molecule has 1 aromatic heterocycles. The maximum atomic E-state index is 12.8. The van der Waals surface area contributed by atoms with Crippen LogP contribution in [0.25, 0.3) is 0 Å². The lowest BCUT2D eigenvalue weighted by atomic mass is 9.82. The molecule has 1 spiro atoms. The first-order valence-electron chi connectivity index (χ1n) is 7.19. The van der Waals surface area contributed by atoms with Gasteiger partial charge in [-0.3, -0.25) is 4.79 Å². The van der Waals surface area contributed by atoms with Gasteiger partial charge < -0.3 is 4.74 Å². The molecule has 2 saturated heterocycles. The third-order valence-corrected chi connectivity index (χ3v) is 6.19. The fourth-order valence-corrected chi connectivity index (χ4v) is 5.26. The van der Waals surface area contributed by atoms with Crippen LogP contribution in [0.15, 0.2) is 0 Å². The maximum Gasteiger partial charge on any atom is 0.179 e. The summed E-state index contributed by atoms with van der Waals surface area (Å²) in [4.78, 5) is 13.6. The van der Waals surface area contributed by atoms with Crippen molar-refractivity contribution >= 4 is 29.1 Å². The largest absolute Gasteiger partial charge is 0.374 e. The number of hydrogen-bond acceptors (Lipinski definition) is 6. The number of rotatable bonds is 3. The van der Waals surface area contributed by atoms with Crippen molar-refractivity contribution in [1.29, 1.82) is 0 Å². The van der Waals surface area contributed by atoms with Crippen LogP contribution in [0.5, 0.6) is 0 Å². The van der Waals surface area contributed by atoms with Gasteiger partial charge in [0.2, 0.25) is 0 Å². The van der Waals surface area contributed by atoms with Gasteiger partial charge in [0.15, 0.2) is 5.78 Å². The van der Waals surface area contributed by atoms with Gasteiger partial charge in [-0.2, -0.15) is 11.8 Å². The highest BCUT2D eigenvalue weighted by molar-refractivity contribution is 7.99. The number of Topliss-reactive ketones (excluding diaryl/α,β-unsaturated/α-hetero) is 1. The summed E-state index contributed by atoms with van der Waals surface area (Å²) in [6.45, 7) is 4.83. The van der Waals surface area contributed by atoms with Crippen LogP contribution in [0.3, 0.4) is 0 Å². The lowest BCUT2D eigenvalue weighted by Gasteiger charge is -2.37. The first kappa shape index (κ1) is 14.5. The second-order valence-corrected chi connectivity index (χ2v) is 7.89. The zero-order chi connectivity index (χ0) is 14.2. The molecule has 0 radical (unpaired) electrons. The molecule has 0 aliphatic carbocycles. The molecule has 20 heavy (non-hydrogen) atoms. The number of hydrogen-bond donors (Lipinski definition) is 0. The van der Waals surface area contributed by atoms with Crippen molar-refractivity contribution < 1.29 is 9.53 Å². The third kappa shape index (κ3) is 2.65. The molecule has 110 valence electrons. The van der Waals surface area contributed by atoms with Crippen LogP contribution in [0.2, 0.25) is 0 Å². The second-order valence-electron chi connectivity index (χ2n) is 6.03. The van der Waals surface area contributed by atoms with Crippen molar-refractivity contribution in [2.75, 3.05) is 18.1 Å². The Balaban J connectivity index is 1.78. The molecule has 2 unspecified atom stereocenters. The van der Waals surface area contributed by atoms with E-state index in [1.54, 1.807) is 0 Å². The average molecular weight is 312 g/mol. The number of nitrogens with zero attached hydrogens (tertiary/aromatic N) is 2. The standard InChI is InChI=1S/C14H20N2O2S2/c1-9(2)11-13(20-16-15-11)12(17)10-3-5-18-14(7-10)4-6-19-8-14/h9-10H,3-8H2,1-2H3. The van der Waals surface area contributed by atoms with Crippen molar-refractivity contribution in [1.82, 2.24) is 9.59 Å². The van der Waals surface area contributed by atoms with E-state index in [4.69, 9.17) is 4.74 Å². The Morgan fingerprint density at radius 3 is 3.05 bits per heavy atom. The van der Waals surface area contributed by atoms with Crippen LogP contribution in [0.1, 0.15) is 54.4 Å². The molecule has 2 fully saturated rings. The summed E-state index contributed by atoms with van der Waals surface area (Å²) in [7, 11) is 0. The van der Waals surface area contributed by atoms with E-state index in [0.717, 1.165) is 41.3 Å². The molecule has 0 bridgehead atoms. The summed E-state index contributed by atoms with van der Waals surface area (Å²) in [5, 5.41) is 4.13. The predicted octanol–water partition coefficient (Wildman–Crippen LogP) is 3.15. The van der Waals surface area contributed by atoms with Gasteiger partial charge in [0, 0.05) is 18.3 Å². The number of carbonyl (C=O) groups excluding carboxylic acids is 1. The summed E-state index contributed by atoms with van der Waals surface area (Å²) < 4.78 is 9.98. The molecule has 2 aliphatic heterocycles. The summed E-state index contributed by atoms with van der Waals surface area (Å²) >= 11 is 3.19. The van der Waals surface area contributed by atoms with Crippen molar-refractivity contribution in [3.63, 3.8) is 0 Å². The van der Waals surface area contributed by atoms with Crippen molar-refractivity contribution in [3.8, 4) is 0 Å². The van der Waals surface area contributed by atoms with E-state index in [2.05, 4.69) is 23.4 Å². The highest BCUT2D eigenvalue weighted by atomic mass is 32.2. The zero-order valence-electron chi connectivity index (χ0n) is 11.9. The Hall–Kier alpha value is -0.460. The average Bonchev–Trinajstić information content (AvgIpc) is 3.07. The molecule has 0 N–H and O–H groups in total. The molecule has 0 aromatic carbocycles. The quantitative estimate of drug-likeness (QED) is 0.803. The van der Waals surface area contributed by atoms with Gasteiger partial charge in [-0.1, -0.05) is 18.3 Å². The predicted molar refractivity (Wildman–Crippen MR) is 81.7 cm³/mol. The molecule has 2 atom stereocenters. The Kier molecular flexibility index (Phi) is 4.15. The van der Waals surface area contributed by atoms with E-state index >= 15 is 0 Å². The minimum Gasteiger partial charge on any atom is -0.374 e. The van der Waals surface area contributed by atoms with Gasteiger partial charge in [0.05, 0.1) is 11.3 Å². The first-order valence-corrected chi connectivity index (χ1v) is 9.12. The molecule has 2 aliphatic rings. The van der Waals surface area contributed by atoms with Gasteiger partial charge in [-0.25, -0.2) is 0 Å². The van der Waals surface area contributed by atoms with Crippen molar-refractivity contribution in [2.45, 2.75) is 44.6 Å². The fourth-order valence-electron chi connectivity index (χ4n) is 3.05. The molecule has 3 heterocycles. The minimum atomic E-state index is -0.0423. The topological polar surface area (TPSA) is 52.1 Å². The van der Waals surface area contributed by atoms with E-state index in [0.29, 0.717) is 6.61 Å². The van der Waals surface area contributed by atoms with Gasteiger partial charge >= 0.3 is 0 Å². The molecule has 1 aromatic rings. The molecule has 6 heteroatoms. The van der Waals surface area contributed by atoms with Crippen molar-refractivity contribution in [2.24, 2.45) is 5.92 Å². The number of ether oxygens (including phenoxy) is 1. The van der Waals surface area contributed by atoms with Crippen molar-refractivity contribution in [3.05, 3.63) is 10.6 Å². The van der Waals surface area contributed by atoms with Crippen LogP contribution >= 0.6 is 23.3 Å². The van der Waals surface area contributed by atoms with Crippen LogP contribution in [-0.4, -0.2) is 39.1 Å². The number of thioether (sulfide) groups is 1. The summed E-state index contributed by atoms with van der Waals surface area (Å²) in [6.07, 6.45) is 2.79. The highest BCUT2D eigenvalue weighted by Gasteiger charge is 2.43. The number of aromatic nitrogens is 2. The molecular formula is C14H20N2O2S2. The van der Waals surface area contributed by atoms with E-state index < -0.39 is 0 Å². The third-order valence-electron chi connectivity index (χ3n) is 4.21. The normalized spacial score (nSPS) is 30.2. The number of carbonyl (C=O) groups is 1. The zero-order valence-corrected chi connectivity index (χ0v) is 13.6. The molecule has 0 saturated carbocycles. The highest BCUT2D eigenvalue weighted by Crippen LogP contribution is 2.41. The SMILES string of the molecule is CC(C)c1nnsc1C(=O)C1CCOC2(CCSC2)C1. The first-order chi connectivity index (χ1) is 9.61. The van der Waals surface area contributed by atoms with E-state index in [1.807, 2.05) is 11.8 Å². The number of ketones is 1. The van der Waals surface area contributed by atoms with E-state index in [1.165, 1.54) is 11.5 Å². The maximum absolute atomic E-state index is 12.8. The van der Waals surface area contributed by atoms with Gasteiger partial charge in [0.25, 0.3) is 0 Å². The minimum absolute atomic E-state index is 0.0423. The smallest absolute Gasteiger partial charge is 0.179 e. The summed E-state index contributed by atoms with van der Waals surface area (Å²) in [6, 6.07) is 0. The Bertz CT molecular complexity index is 495. The lowest BCUT2D eigenvalue weighted by Crippen LogP contribution is -2.42. The van der Waals surface area contributed by atoms with Crippen LogP contribution < -0.4 is 0 Å². The van der Waals surface area contributed by atoms with E-state index in [-0.39, 0.29) is 23.2 Å². The molecular weight excluding hydrogens is 292 g/mol. The van der Waals surface area contributed by atoms with Gasteiger partial charge in [-0.15, -0.1) is 5.10 Å². The van der Waals surface area contributed by atoms with Gasteiger partial charge in [0.1, 0.15) is 4.88 Å². The summed E-state index contributed by atoms with van der Waals surface area (Å²) in [5.74, 6) is 2.77. The van der Waals surface area contributed by atoms with Crippen LogP contribution in [0, 0.1) is 5.92 Å². The van der Waals surface area contributed by atoms with Crippen LogP contribution in [0.4, 0.5) is 0 Å². The molecule has 0 amide bonds. The van der Waals surface area contributed by atoms with E-state index in [9.17, 15) is 4.79 Å². The second kappa shape index (κ2) is 5.73. The fraction of sp³-hybridized carbons (Fsp3) is 0.786. The van der Waals surface area contributed by atoms with Crippen LogP contribution in [-0.2, 0) is 4.74 Å².